The molecule has 6 nitrogen and oxygen atoms in total. The maximum atomic E-state index is 13.0. The Morgan fingerprint density at radius 3 is 2.38 bits per heavy atom. The van der Waals surface area contributed by atoms with Crippen molar-refractivity contribution >= 4 is 29.3 Å². The molecular weight excluding hydrogens is 422 g/mol. The van der Waals surface area contributed by atoms with Gasteiger partial charge in [-0.15, -0.1) is 0 Å². The van der Waals surface area contributed by atoms with E-state index in [0.29, 0.717) is 13.0 Å². The van der Waals surface area contributed by atoms with Crippen molar-refractivity contribution in [3.63, 3.8) is 0 Å². The number of amides is 2. The van der Waals surface area contributed by atoms with Gasteiger partial charge in [0.1, 0.15) is 6.04 Å². The van der Waals surface area contributed by atoms with E-state index in [2.05, 4.69) is 27.7 Å². The Hall–Kier alpha value is -3.19. The van der Waals surface area contributed by atoms with Crippen molar-refractivity contribution in [3.8, 4) is 0 Å². The Morgan fingerprint density at radius 2 is 1.69 bits per heavy atom. The summed E-state index contributed by atoms with van der Waals surface area (Å²) in [7, 11) is 0. The topological polar surface area (TPSA) is 74.6 Å². The predicted octanol–water partition coefficient (Wildman–Crippen LogP) is 3.49. The lowest BCUT2D eigenvalue weighted by molar-refractivity contribution is -0.123. The van der Waals surface area contributed by atoms with Crippen molar-refractivity contribution in [2.45, 2.75) is 19.0 Å². The SMILES string of the molecule is O=C(NC(Cc1ccccc1)C(=O)NCc1ccc(N2CCSCC2)cc1)c1ccco1. The second-order valence-electron chi connectivity index (χ2n) is 7.68. The number of anilines is 1. The lowest BCUT2D eigenvalue weighted by Crippen LogP contribution is -2.47. The third-order valence-electron chi connectivity index (χ3n) is 5.43. The molecule has 7 heteroatoms. The molecule has 4 rings (SSSR count). The molecule has 2 heterocycles. The number of thioether (sulfide) groups is 1. The Bertz CT molecular complexity index is 1000. The van der Waals surface area contributed by atoms with Crippen LogP contribution >= 0.6 is 11.8 Å². The molecular formula is C25H27N3O3S. The molecule has 1 unspecified atom stereocenters. The fourth-order valence-electron chi connectivity index (χ4n) is 3.65. The molecule has 166 valence electrons. The number of carbonyl (C=O) groups excluding carboxylic acids is 2. The first-order valence-electron chi connectivity index (χ1n) is 10.8. The van der Waals surface area contributed by atoms with Crippen molar-refractivity contribution < 1.29 is 14.0 Å². The van der Waals surface area contributed by atoms with Crippen LogP contribution in [-0.2, 0) is 17.8 Å². The van der Waals surface area contributed by atoms with Crippen molar-refractivity contribution in [1.82, 2.24) is 10.6 Å². The molecule has 32 heavy (non-hydrogen) atoms. The summed E-state index contributed by atoms with van der Waals surface area (Å²) in [6.07, 6.45) is 1.83. The van der Waals surface area contributed by atoms with Crippen LogP contribution in [-0.4, -0.2) is 42.5 Å². The van der Waals surface area contributed by atoms with E-state index in [9.17, 15) is 9.59 Å². The van der Waals surface area contributed by atoms with E-state index in [-0.39, 0.29) is 11.7 Å². The normalized spacial score (nSPS) is 14.6. The van der Waals surface area contributed by atoms with Gasteiger partial charge in [0.15, 0.2) is 5.76 Å². The van der Waals surface area contributed by atoms with E-state index in [4.69, 9.17) is 4.42 Å². The van der Waals surface area contributed by atoms with E-state index in [1.807, 2.05) is 54.2 Å². The molecule has 2 aromatic carbocycles. The molecule has 2 amide bonds. The van der Waals surface area contributed by atoms with Crippen LogP contribution in [0.15, 0.2) is 77.4 Å². The van der Waals surface area contributed by atoms with Gasteiger partial charge in [0.2, 0.25) is 5.91 Å². The summed E-state index contributed by atoms with van der Waals surface area (Å²) >= 11 is 1.99. The molecule has 0 spiro atoms. The van der Waals surface area contributed by atoms with Crippen LogP contribution in [0.2, 0.25) is 0 Å². The van der Waals surface area contributed by atoms with Gasteiger partial charge >= 0.3 is 0 Å². The number of hydrogen-bond acceptors (Lipinski definition) is 5. The van der Waals surface area contributed by atoms with Gasteiger partial charge in [0.25, 0.3) is 5.91 Å². The molecule has 2 N–H and O–H groups in total. The minimum absolute atomic E-state index is 0.183. The fourth-order valence-corrected chi connectivity index (χ4v) is 4.56. The van der Waals surface area contributed by atoms with Gasteiger partial charge < -0.3 is 20.0 Å². The van der Waals surface area contributed by atoms with Crippen molar-refractivity contribution in [2.75, 3.05) is 29.5 Å². The first-order chi connectivity index (χ1) is 15.7. The predicted molar refractivity (Wildman–Crippen MR) is 128 cm³/mol. The molecule has 1 fully saturated rings. The third-order valence-corrected chi connectivity index (χ3v) is 6.37. The fraction of sp³-hybridized carbons (Fsp3) is 0.280. The Balaban J connectivity index is 1.38. The molecule has 1 aromatic heterocycles. The zero-order chi connectivity index (χ0) is 22.2. The maximum Gasteiger partial charge on any atom is 0.287 e. The number of benzene rings is 2. The quantitative estimate of drug-likeness (QED) is 0.551. The number of rotatable bonds is 8. The Labute approximate surface area is 192 Å². The van der Waals surface area contributed by atoms with Crippen molar-refractivity contribution in [1.29, 1.82) is 0 Å². The molecule has 0 saturated carbocycles. The molecule has 1 saturated heterocycles. The highest BCUT2D eigenvalue weighted by Crippen LogP contribution is 2.20. The summed E-state index contributed by atoms with van der Waals surface area (Å²) in [6.45, 7) is 2.53. The van der Waals surface area contributed by atoms with E-state index in [1.165, 1.54) is 12.0 Å². The Kier molecular flexibility index (Phi) is 7.51. The number of nitrogens with one attached hydrogen (secondary N) is 2. The lowest BCUT2D eigenvalue weighted by atomic mass is 10.0. The summed E-state index contributed by atoms with van der Waals surface area (Å²) in [4.78, 5) is 27.8. The van der Waals surface area contributed by atoms with E-state index >= 15 is 0 Å². The molecule has 0 radical (unpaired) electrons. The van der Waals surface area contributed by atoms with E-state index < -0.39 is 11.9 Å². The molecule has 0 aliphatic carbocycles. The van der Waals surface area contributed by atoms with Crippen molar-refractivity contribution in [3.05, 3.63) is 89.9 Å². The van der Waals surface area contributed by atoms with Crippen LogP contribution in [0.25, 0.3) is 0 Å². The minimum atomic E-state index is -0.708. The lowest BCUT2D eigenvalue weighted by Gasteiger charge is -2.28. The smallest absolute Gasteiger partial charge is 0.287 e. The summed E-state index contributed by atoms with van der Waals surface area (Å²) in [5.41, 5.74) is 3.20. The summed E-state index contributed by atoms with van der Waals surface area (Å²) < 4.78 is 5.17. The van der Waals surface area contributed by atoms with Gasteiger partial charge in [-0.3, -0.25) is 9.59 Å². The second-order valence-corrected chi connectivity index (χ2v) is 8.90. The largest absolute Gasteiger partial charge is 0.459 e. The molecule has 1 atom stereocenters. The zero-order valence-electron chi connectivity index (χ0n) is 17.8. The van der Waals surface area contributed by atoms with Gasteiger partial charge in [-0.2, -0.15) is 11.8 Å². The van der Waals surface area contributed by atoms with E-state index in [0.717, 1.165) is 35.7 Å². The summed E-state index contributed by atoms with van der Waals surface area (Å²) in [5.74, 6) is 1.86. The van der Waals surface area contributed by atoms with Gasteiger partial charge in [-0.1, -0.05) is 42.5 Å². The minimum Gasteiger partial charge on any atom is -0.459 e. The summed E-state index contributed by atoms with van der Waals surface area (Å²) in [6, 6.07) is 20.5. The van der Waals surface area contributed by atoms with Crippen LogP contribution in [0.1, 0.15) is 21.7 Å². The Morgan fingerprint density at radius 1 is 0.938 bits per heavy atom. The van der Waals surface area contributed by atoms with Crippen molar-refractivity contribution in [2.24, 2.45) is 0 Å². The number of furan rings is 1. The zero-order valence-corrected chi connectivity index (χ0v) is 18.6. The average molecular weight is 450 g/mol. The monoisotopic (exact) mass is 449 g/mol. The van der Waals surface area contributed by atoms with Gasteiger partial charge in [-0.05, 0) is 35.4 Å². The highest BCUT2D eigenvalue weighted by atomic mass is 32.2. The van der Waals surface area contributed by atoms with Crippen LogP contribution in [0.5, 0.6) is 0 Å². The number of nitrogens with zero attached hydrogens (tertiary/aromatic N) is 1. The van der Waals surface area contributed by atoms with Crippen LogP contribution < -0.4 is 15.5 Å². The third kappa shape index (κ3) is 5.95. The van der Waals surface area contributed by atoms with E-state index in [1.54, 1.807) is 12.1 Å². The van der Waals surface area contributed by atoms with Gasteiger partial charge in [-0.25, -0.2) is 0 Å². The van der Waals surface area contributed by atoms with Crippen LogP contribution in [0, 0.1) is 0 Å². The summed E-state index contributed by atoms with van der Waals surface area (Å²) in [5, 5.41) is 5.77. The first kappa shape index (κ1) is 22.0. The number of hydrogen-bond donors (Lipinski definition) is 2. The molecule has 1 aliphatic rings. The number of carbonyl (C=O) groups is 2. The average Bonchev–Trinajstić information content (AvgIpc) is 3.39. The second kappa shape index (κ2) is 10.9. The van der Waals surface area contributed by atoms with Crippen LogP contribution in [0.4, 0.5) is 5.69 Å². The molecule has 0 bridgehead atoms. The standard InChI is InChI=1S/C25H27N3O3S/c29-24(26-18-20-8-10-21(11-9-20)28-12-15-32-16-13-28)22(17-19-5-2-1-3-6-19)27-25(30)23-7-4-14-31-23/h1-11,14,22H,12-13,15-18H2,(H,26,29)(H,27,30). The van der Waals surface area contributed by atoms with Crippen LogP contribution in [0.3, 0.4) is 0 Å². The highest BCUT2D eigenvalue weighted by molar-refractivity contribution is 7.99. The van der Waals surface area contributed by atoms with Gasteiger partial charge in [0.05, 0.1) is 6.26 Å². The highest BCUT2D eigenvalue weighted by Gasteiger charge is 2.23. The molecule has 1 aliphatic heterocycles. The molecule has 3 aromatic rings. The maximum absolute atomic E-state index is 13.0. The van der Waals surface area contributed by atoms with Gasteiger partial charge in [0, 0.05) is 43.2 Å². The first-order valence-corrected chi connectivity index (χ1v) is 11.9.